The van der Waals surface area contributed by atoms with Crippen molar-refractivity contribution in [1.82, 2.24) is 0 Å². The first-order valence-electron chi connectivity index (χ1n) is 14.1. The van der Waals surface area contributed by atoms with Crippen LogP contribution in [0, 0.1) is 0 Å². The highest BCUT2D eigenvalue weighted by molar-refractivity contribution is 5.35. The van der Waals surface area contributed by atoms with Crippen LogP contribution in [-0.4, -0.2) is 14.1 Å². The number of nitrogens with one attached hydrogen (secondary N) is 1. The summed E-state index contributed by atoms with van der Waals surface area (Å²) in [5.41, 5.74) is 2.93. The minimum absolute atomic E-state index is 0. The van der Waals surface area contributed by atoms with Crippen molar-refractivity contribution in [3.63, 3.8) is 0 Å². The largest absolute Gasteiger partial charge is 1.00 e. The van der Waals surface area contributed by atoms with E-state index in [4.69, 9.17) is 0 Å². The molecule has 2 rings (SSSR count). The second kappa shape index (κ2) is 19.1. The number of hydrogen-bond donors (Lipinski definition) is 1. The second-order valence-corrected chi connectivity index (χ2v) is 10.3. The third-order valence-electron chi connectivity index (χ3n) is 7.54. The lowest BCUT2D eigenvalue weighted by Gasteiger charge is -2.38. The first kappa shape index (κ1) is 30.9. The van der Waals surface area contributed by atoms with Crippen LogP contribution in [0.1, 0.15) is 121 Å². The Labute approximate surface area is 222 Å². The van der Waals surface area contributed by atoms with Crippen molar-refractivity contribution in [3.05, 3.63) is 71.8 Å². The van der Waals surface area contributed by atoms with Crippen molar-refractivity contribution in [2.75, 3.05) is 14.1 Å². The molecular weight excluding hydrogens is 478 g/mol. The van der Waals surface area contributed by atoms with Gasteiger partial charge in [-0.3, -0.25) is 0 Å². The molecule has 0 unspecified atom stereocenters. The molecule has 1 N–H and O–H groups in total. The van der Waals surface area contributed by atoms with Gasteiger partial charge in [-0.1, -0.05) is 157 Å². The number of benzene rings is 2. The van der Waals surface area contributed by atoms with E-state index in [9.17, 15) is 0 Å². The van der Waals surface area contributed by atoms with Crippen molar-refractivity contribution in [2.45, 2.75) is 115 Å². The lowest BCUT2D eigenvalue weighted by atomic mass is 9.77. The maximum atomic E-state index is 2.32. The molecule has 2 heteroatoms. The van der Waals surface area contributed by atoms with Gasteiger partial charge in [0.2, 0.25) is 0 Å². The van der Waals surface area contributed by atoms with Gasteiger partial charge in [-0.15, -0.1) is 0 Å². The average Bonchev–Trinajstić information content (AvgIpc) is 2.85. The zero-order valence-corrected chi connectivity index (χ0v) is 24.1. The Hall–Kier alpha value is -1.12. The van der Waals surface area contributed by atoms with Gasteiger partial charge in [-0.05, 0) is 6.42 Å². The zero-order valence-electron chi connectivity index (χ0n) is 22.5. The van der Waals surface area contributed by atoms with E-state index < -0.39 is 0 Å². The molecule has 0 saturated heterocycles. The fraction of sp³-hybridized carbons (Fsp3) is 0.625. The summed E-state index contributed by atoms with van der Waals surface area (Å²) < 4.78 is 0. The third kappa shape index (κ3) is 10.6. The smallest absolute Gasteiger partial charge is 0.148 e. The highest BCUT2D eigenvalue weighted by Gasteiger charge is 2.39. The normalized spacial score (nSPS) is 11.5. The monoisotopic (exact) mass is 529 g/mol. The van der Waals surface area contributed by atoms with E-state index in [0.717, 1.165) is 0 Å². The molecular formula is C32H52BrN. The van der Waals surface area contributed by atoms with E-state index >= 15 is 0 Å². The van der Waals surface area contributed by atoms with Gasteiger partial charge in [0.15, 0.2) is 0 Å². The summed E-state index contributed by atoms with van der Waals surface area (Å²) in [5.74, 6) is 0. The first-order valence-corrected chi connectivity index (χ1v) is 14.1. The number of halogens is 1. The topological polar surface area (TPSA) is 4.44 Å². The predicted molar refractivity (Wildman–Crippen MR) is 146 cm³/mol. The van der Waals surface area contributed by atoms with Crippen LogP contribution in [0.25, 0.3) is 0 Å². The van der Waals surface area contributed by atoms with E-state index in [1.807, 2.05) is 0 Å². The lowest BCUT2D eigenvalue weighted by molar-refractivity contribution is -0.917. The van der Waals surface area contributed by atoms with Crippen molar-refractivity contribution in [2.24, 2.45) is 0 Å². The average molecular weight is 531 g/mol. The summed E-state index contributed by atoms with van der Waals surface area (Å²) >= 11 is 0. The summed E-state index contributed by atoms with van der Waals surface area (Å²) in [6, 6.07) is 22.4. The molecule has 0 atom stereocenters. The highest BCUT2D eigenvalue weighted by Crippen LogP contribution is 2.32. The molecule has 0 bridgehead atoms. The van der Waals surface area contributed by atoms with Gasteiger partial charge >= 0.3 is 0 Å². The van der Waals surface area contributed by atoms with Gasteiger partial charge in [0.1, 0.15) is 5.54 Å². The molecule has 0 aliphatic carbocycles. The van der Waals surface area contributed by atoms with Crippen molar-refractivity contribution < 1.29 is 21.9 Å². The van der Waals surface area contributed by atoms with E-state index in [-0.39, 0.29) is 22.5 Å². The Bertz CT molecular complexity index is 658. The maximum Gasteiger partial charge on any atom is 0.148 e. The van der Waals surface area contributed by atoms with Gasteiger partial charge < -0.3 is 21.9 Å². The van der Waals surface area contributed by atoms with Crippen LogP contribution in [0.5, 0.6) is 0 Å². The van der Waals surface area contributed by atoms with Crippen molar-refractivity contribution >= 4 is 0 Å². The van der Waals surface area contributed by atoms with E-state index in [0.29, 0.717) is 0 Å². The molecule has 2 aromatic rings. The van der Waals surface area contributed by atoms with E-state index in [2.05, 4.69) is 81.7 Å². The molecule has 0 aliphatic rings. The number of unbranched alkanes of at least 4 members (excludes halogenated alkanes) is 14. The maximum absolute atomic E-state index is 2.32. The molecule has 1 nitrogen and oxygen atoms in total. The quantitative estimate of drug-likeness (QED) is 0.234. The third-order valence-corrected chi connectivity index (χ3v) is 7.54. The minimum Gasteiger partial charge on any atom is -1.00 e. The number of rotatable bonds is 19. The Balaban J connectivity index is 0.00000578. The first-order chi connectivity index (χ1) is 16.2. The zero-order chi connectivity index (χ0) is 23.6. The molecule has 192 valence electrons. The number of quaternary nitrogens is 1. The van der Waals surface area contributed by atoms with Crippen molar-refractivity contribution in [3.8, 4) is 0 Å². The SMILES string of the molecule is CCCCCCCCCCCCCCCCCC(c1ccccc1)(c1ccccc1)[NH+](C)C.[Br-]. The summed E-state index contributed by atoms with van der Waals surface area (Å²) in [4.78, 5) is 1.50. The van der Waals surface area contributed by atoms with Crippen molar-refractivity contribution in [1.29, 1.82) is 0 Å². The molecule has 0 fully saturated rings. The summed E-state index contributed by atoms with van der Waals surface area (Å²) in [7, 11) is 4.65. The molecule has 0 radical (unpaired) electrons. The Morgan fingerprint density at radius 1 is 0.500 bits per heavy atom. The van der Waals surface area contributed by atoms with Gasteiger partial charge in [0, 0.05) is 17.5 Å². The predicted octanol–water partition coefficient (Wildman–Crippen LogP) is 5.34. The van der Waals surface area contributed by atoms with Crippen LogP contribution in [-0.2, 0) is 5.54 Å². The molecule has 2 aromatic carbocycles. The van der Waals surface area contributed by atoms with Gasteiger partial charge in [-0.25, -0.2) is 0 Å². The van der Waals surface area contributed by atoms with Gasteiger partial charge in [0.25, 0.3) is 0 Å². The number of hydrogen-bond acceptors (Lipinski definition) is 0. The van der Waals surface area contributed by atoms with E-state index in [1.54, 1.807) is 0 Å². The second-order valence-electron chi connectivity index (χ2n) is 10.3. The molecule has 34 heavy (non-hydrogen) atoms. The summed E-state index contributed by atoms with van der Waals surface area (Å²) in [5, 5.41) is 0. The molecule has 0 spiro atoms. The minimum atomic E-state index is 0. The fourth-order valence-corrected chi connectivity index (χ4v) is 5.49. The molecule has 0 heterocycles. The molecule has 0 aliphatic heterocycles. The standard InChI is InChI=1S/C32H51N.BrH/c1-4-5-6-7-8-9-10-11-12-13-14-15-16-17-24-29-32(33(2)3,30-25-20-18-21-26-30)31-27-22-19-23-28-31;/h18-23,25-28H,4-17,24,29H2,1-3H3;1H. The van der Waals surface area contributed by atoms with Crippen LogP contribution >= 0.6 is 0 Å². The van der Waals surface area contributed by atoms with Crippen LogP contribution in [0.15, 0.2) is 60.7 Å². The van der Waals surface area contributed by atoms with E-state index in [1.165, 1.54) is 119 Å². The Kier molecular flexibility index (Phi) is 17.4. The van der Waals surface area contributed by atoms with Crippen LogP contribution < -0.4 is 21.9 Å². The summed E-state index contributed by atoms with van der Waals surface area (Å²) in [6.45, 7) is 2.30. The molecule has 0 saturated carbocycles. The van der Waals surface area contributed by atoms with Crippen LogP contribution in [0.2, 0.25) is 0 Å². The fourth-order valence-electron chi connectivity index (χ4n) is 5.49. The van der Waals surface area contributed by atoms with Gasteiger partial charge in [0.05, 0.1) is 14.1 Å². The highest BCUT2D eigenvalue weighted by atomic mass is 79.9. The Morgan fingerprint density at radius 3 is 1.15 bits per heavy atom. The molecule has 0 amide bonds. The van der Waals surface area contributed by atoms with Crippen LogP contribution in [0.3, 0.4) is 0 Å². The lowest BCUT2D eigenvalue weighted by Crippen LogP contribution is -3.13. The van der Waals surface area contributed by atoms with Crippen LogP contribution in [0.4, 0.5) is 0 Å². The Morgan fingerprint density at radius 2 is 0.824 bits per heavy atom. The van der Waals surface area contributed by atoms with Gasteiger partial charge in [-0.2, -0.15) is 0 Å². The summed E-state index contributed by atoms with van der Waals surface area (Å²) in [6.07, 6.45) is 22.5. The molecule has 0 aromatic heterocycles.